The van der Waals surface area contributed by atoms with E-state index in [1.807, 2.05) is 24.3 Å². The Bertz CT molecular complexity index is 509. The molecule has 1 aromatic carbocycles. The van der Waals surface area contributed by atoms with Crippen molar-refractivity contribution < 1.29 is 4.79 Å². The van der Waals surface area contributed by atoms with Crippen molar-refractivity contribution in [3.8, 4) is 6.07 Å². The SMILES string of the molecule is C[C@@H]1CCC[C@@H](NC(=O)c2ccccc2SCC#N)C1. The number of amides is 1. The first-order chi connectivity index (χ1) is 9.70. The van der Waals surface area contributed by atoms with Gasteiger partial charge in [0.25, 0.3) is 5.91 Å². The van der Waals surface area contributed by atoms with Gasteiger partial charge in [0.05, 0.1) is 17.4 Å². The topological polar surface area (TPSA) is 52.9 Å². The zero-order valence-corrected chi connectivity index (χ0v) is 12.6. The molecule has 106 valence electrons. The lowest BCUT2D eigenvalue weighted by Crippen LogP contribution is -2.38. The Kier molecular flexibility index (Phi) is 5.49. The van der Waals surface area contributed by atoms with E-state index in [0.717, 1.165) is 17.7 Å². The van der Waals surface area contributed by atoms with Gasteiger partial charge in [-0.05, 0) is 30.9 Å². The van der Waals surface area contributed by atoms with Crippen LogP contribution in [0, 0.1) is 17.2 Å². The van der Waals surface area contributed by atoms with Gasteiger partial charge in [0.15, 0.2) is 0 Å². The fraction of sp³-hybridized carbons (Fsp3) is 0.500. The van der Waals surface area contributed by atoms with E-state index < -0.39 is 0 Å². The number of nitriles is 1. The number of hydrogen-bond acceptors (Lipinski definition) is 3. The predicted molar refractivity (Wildman–Crippen MR) is 81.7 cm³/mol. The summed E-state index contributed by atoms with van der Waals surface area (Å²) in [7, 11) is 0. The smallest absolute Gasteiger partial charge is 0.252 e. The first kappa shape index (κ1) is 14.9. The Hall–Kier alpha value is -1.47. The Morgan fingerprint density at radius 2 is 2.25 bits per heavy atom. The molecule has 1 aliphatic rings. The number of thioether (sulfide) groups is 1. The normalized spacial score (nSPS) is 22.0. The molecule has 1 N–H and O–H groups in total. The number of nitrogens with one attached hydrogen (secondary N) is 1. The van der Waals surface area contributed by atoms with Crippen molar-refractivity contribution in [2.45, 2.75) is 43.5 Å². The monoisotopic (exact) mass is 288 g/mol. The van der Waals surface area contributed by atoms with Gasteiger partial charge in [-0.1, -0.05) is 31.9 Å². The Balaban J connectivity index is 2.03. The Morgan fingerprint density at radius 1 is 1.45 bits per heavy atom. The summed E-state index contributed by atoms with van der Waals surface area (Å²) in [6, 6.07) is 9.90. The molecule has 0 aromatic heterocycles. The molecule has 0 heterocycles. The zero-order chi connectivity index (χ0) is 14.4. The maximum atomic E-state index is 12.4. The minimum Gasteiger partial charge on any atom is -0.349 e. The fourth-order valence-corrected chi connectivity index (χ4v) is 3.43. The zero-order valence-electron chi connectivity index (χ0n) is 11.8. The van der Waals surface area contributed by atoms with Gasteiger partial charge in [0, 0.05) is 10.9 Å². The summed E-state index contributed by atoms with van der Waals surface area (Å²) >= 11 is 1.42. The van der Waals surface area contributed by atoms with Gasteiger partial charge < -0.3 is 5.32 Å². The highest BCUT2D eigenvalue weighted by molar-refractivity contribution is 7.99. The Morgan fingerprint density at radius 3 is 3.00 bits per heavy atom. The van der Waals surface area contributed by atoms with E-state index in [1.165, 1.54) is 24.6 Å². The third-order valence-corrected chi connectivity index (χ3v) is 4.64. The van der Waals surface area contributed by atoms with Gasteiger partial charge in [0.2, 0.25) is 0 Å². The van der Waals surface area contributed by atoms with Crippen LogP contribution in [0.4, 0.5) is 0 Å². The van der Waals surface area contributed by atoms with Crippen LogP contribution in [-0.2, 0) is 0 Å². The summed E-state index contributed by atoms with van der Waals surface area (Å²) in [5.41, 5.74) is 0.686. The number of benzene rings is 1. The number of carbonyl (C=O) groups excluding carboxylic acids is 1. The van der Waals surface area contributed by atoms with Crippen molar-refractivity contribution >= 4 is 17.7 Å². The van der Waals surface area contributed by atoms with E-state index >= 15 is 0 Å². The van der Waals surface area contributed by atoms with Crippen LogP contribution in [0.2, 0.25) is 0 Å². The van der Waals surface area contributed by atoms with Crippen LogP contribution in [0.15, 0.2) is 29.2 Å². The third-order valence-electron chi connectivity index (χ3n) is 3.70. The molecule has 4 heteroatoms. The number of rotatable bonds is 4. The van der Waals surface area contributed by atoms with Crippen molar-refractivity contribution in [3.63, 3.8) is 0 Å². The summed E-state index contributed by atoms with van der Waals surface area (Å²) in [6.07, 6.45) is 4.60. The van der Waals surface area contributed by atoms with Crippen LogP contribution >= 0.6 is 11.8 Å². The molecule has 1 aliphatic carbocycles. The molecule has 0 spiro atoms. The first-order valence-electron chi connectivity index (χ1n) is 7.10. The molecular weight excluding hydrogens is 268 g/mol. The van der Waals surface area contributed by atoms with E-state index in [-0.39, 0.29) is 5.91 Å². The molecule has 1 amide bonds. The van der Waals surface area contributed by atoms with Crippen LogP contribution in [0.5, 0.6) is 0 Å². The van der Waals surface area contributed by atoms with Crippen molar-refractivity contribution in [2.24, 2.45) is 5.92 Å². The number of hydrogen-bond donors (Lipinski definition) is 1. The largest absolute Gasteiger partial charge is 0.349 e. The van der Waals surface area contributed by atoms with Gasteiger partial charge >= 0.3 is 0 Å². The predicted octanol–water partition coefficient (Wildman–Crippen LogP) is 3.61. The van der Waals surface area contributed by atoms with E-state index in [9.17, 15) is 4.79 Å². The highest BCUT2D eigenvalue weighted by atomic mass is 32.2. The van der Waals surface area contributed by atoms with Crippen LogP contribution in [0.3, 0.4) is 0 Å². The summed E-state index contributed by atoms with van der Waals surface area (Å²) < 4.78 is 0. The summed E-state index contributed by atoms with van der Waals surface area (Å²) in [5, 5.41) is 11.8. The van der Waals surface area contributed by atoms with Gasteiger partial charge in [-0.3, -0.25) is 4.79 Å². The van der Waals surface area contributed by atoms with E-state index in [0.29, 0.717) is 23.3 Å². The standard InChI is InChI=1S/C16H20N2OS/c1-12-5-4-6-13(11-12)18-16(19)14-7-2-3-8-15(14)20-10-9-17/h2-3,7-8,12-13H,4-6,10-11H2,1H3,(H,18,19)/t12-,13-/m1/s1. The van der Waals surface area contributed by atoms with E-state index in [1.54, 1.807) is 0 Å². The average Bonchev–Trinajstić information content (AvgIpc) is 2.45. The Labute approximate surface area is 124 Å². The van der Waals surface area contributed by atoms with Crippen LogP contribution in [-0.4, -0.2) is 17.7 Å². The lowest BCUT2D eigenvalue weighted by atomic mass is 9.87. The second kappa shape index (κ2) is 7.35. The molecule has 0 aliphatic heterocycles. The van der Waals surface area contributed by atoms with Gasteiger partial charge in [-0.15, -0.1) is 11.8 Å². The van der Waals surface area contributed by atoms with E-state index in [4.69, 9.17) is 5.26 Å². The molecule has 2 atom stereocenters. The minimum atomic E-state index is -0.00913. The second-order valence-electron chi connectivity index (χ2n) is 5.39. The van der Waals surface area contributed by atoms with Crippen molar-refractivity contribution in [1.29, 1.82) is 5.26 Å². The summed E-state index contributed by atoms with van der Waals surface area (Å²) in [6.45, 7) is 2.25. The van der Waals surface area contributed by atoms with Crippen molar-refractivity contribution in [1.82, 2.24) is 5.32 Å². The van der Waals surface area contributed by atoms with E-state index in [2.05, 4.69) is 18.3 Å². The van der Waals surface area contributed by atoms with Crippen molar-refractivity contribution in [3.05, 3.63) is 29.8 Å². The number of nitrogens with zero attached hydrogens (tertiary/aromatic N) is 1. The maximum Gasteiger partial charge on any atom is 0.252 e. The number of carbonyl (C=O) groups is 1. The molecule has 20 heavy (non-hydrogen) atoms. The van der Waals surface area contributed by atoms with Crippen molar-refractivity contribution in [2.75, 3.05) is 5.75 Å². The third kappa shape index (κ3) is 4.01. The summed E-state index contributed by atoms with van der Waals surface area (Å²) in [5.74, 6) is 1.05. The quantitative estimate of drug-likeness (QED) is 0.861. The molecular formula is C16H20N2OS. The molecule has 0 radical (unpaired) electrons. The maximum absolute atomic E-state index is 12.4. The molecule has 3 nitrogen and oxygen atoms in total. The highest BCUT2D eigenvalue weighted by Crippen LogP contribution is 2.25. The van der Waals surface area contributed by atoms with Crippen LogP contribution in [0.1, 0.15) is 43.0 Å². The van der Waals surface area contributed by atoms with Gasteiger partial charge in [-0.25, -0.2) is 0 Å². The fourth-order valence-electron chi connectivity index (χ4n) is 2.72. The highest BCUT2D eigenvalue weighted by Gasteiger charge is 2.21. The molecule has 2 rings (SSSR count). The first-order valence-corrected chi connectivity index (χ1v) is 8.09. The molecule has 1 saturated carbocycles. The van der Waals surface area contributed by atoms with Gasteiger partial charge in [0.1, 0.15) is 0 Å². The average molecular weight is 288 g/mol. The lowest BCUT2D eigenvalue weighted by molar-refractivity contribution is 0.0918. The molecule has 0 saturated heterocycles. The molecule has 1 fully saturated rings. The summed E-state index contributed by atoms with van der Waals surface area (Å²) in [4.78, 5) is 13.3. The lowest BCUT2D eigenvalue weighted by Gasteiger charge is -2.27. The molecule has 0 bridgehead atoms. The van der Waals surface area contributed by atoms with Crippen LogP contribution in [0.25, 0.3) is 0 Å². The van der Waals surface area contributed by atoms with Crippen LogP contribution < -0.4 is 5.32 Å². The molecule has 0 unspecified atom stereocenters. The van der Waals surface area contributed by atoms with Gasteiger partial charge in [-0.2, -0.15) is 5.26 Å². The molecule has 1 aromatic rings. The minimum absolute atomic E-state index is 0.00913. The second-order valence-corrected chi connectivity index (χ2v) is 6.40.